The second-order valence-corrected chi connectivity index (χ2v) is 6.59. The third kappa shape index (κ3) is 7.01. The number of hydrogen-bond acceptors (Lipinski definition) is 4. The standard InChI is InChI=1S/C15H30N4O.2ClH/c1-12(2)19-9-5-14(6-10-19)17-15(20)11-18-7-3-13(16)4-8-18;;/h12-14H,3-11,16H2,1-2H3,(H,17,20);2*1H. The minimum absolute atomic E-state index is 0. The Bertz CT molecular complexity index is 315. The Labute approximate surface area is 147 Å². The second-order valence-electron chi connectivity index (χ2n) is 6.59. The molecule has 0 saturated carbocycles. The summed E-state index contributed by atoms with van der Waals surface area (Å²) in [5, 5.41) is 3.20. The van der Waals surface area contributed by atoms with Gasteiger partial charge in [0, 0.05) is 44.3 Å². The predicted octanol–water partition coefficient (Wildman–Crippen LogP) is 1.24. The van der Waals surface area contributed by atoms with Crippen molar-refractivity contribution in [2.24, 2.45) is 5.73 Å². The normalized spacial score (nSPS) is 22.0. The zero-order valence-corrected chi connectivity index (χ0v) is 15.4. The minimum atomic E-state index is 0. The number of halogens is 2. The summed E-state index contributed by atoms with van der Waals surface area (Å²) in [7, 11) is 0. The van der Waals surface area contributed by atoms with Crippen molar-refractivity contribution in [2.75, 3.05) is 32.7 Å². The van der Waals surface area contributed by atoms with Gasteiger partial charge in [0.05, 0.1) is 6.54 Å². The second kappa shape index (κ2) is 10.7. The first-order chi connectivity index (χ1) is 9.54. The zero-order chi connectivity index (χ0) is 14.5. The lowest BCUT2D eigenvalue weighted by molar-refractivity contribution is -0.123. The molecule has 1 amide bonds. The minimum Gasteiger partial charge on any atom is -0.352 e. The van der Waals surface area contributed by atoms with Crippen molar-refractivity contribution >= 4 is 30.7 Å². The van der Waals surface area contributed by atoms with Crippen LogP contribution in [0, 0.1) is 0 Å². The maximum absolute atomic E-state index is 12.1. The Morgan fingerprint density at radius 1 is 1.09 bits per heavy atom. The number of carbonyl (C=O) groups excluding carboxylic acids is 1. The Morgan fingerprint density at radius 2 is 1.64 bits per heavy atom. The maximum atomic E-state index is 12.1. The Balaban J connectivity index is 0.00000220. The third-order valence-corrected chi connectivity index (χ3v) is 4.62. The zero-order valence-electron chi connectivity index (χ0n) is 13.8. The summed E-state index contributed by atoms with van der Waals surface area (Å²) >= 11 is 0. The van der Waals surface area contributed by atoms with Gasteiger partial charge in [-0.2, -0.15) is 0 Å². The Hall–Kier alpha value is -0.0700. The molecule has 0 radical (unpaired) electrons. The number of nitrogens with two attached hydrogens (primary N) is 1. The highest BCUT2D eigenvalue weighted by atomic mass is 35.5. The summed E-state index contributed by atoms with van der Waals surface area (Å²) in [5.41, 5.74) is 5.88. The fourth-order valence-electron chi connectivity index (χ4n) is 3.15. The molecule has 2 heterocycles. The highest BCUT2D eigenvalue weighted by Gasteiger charge is 2.23. The molecule has 7 heteroatoms. The SMILES string of the molecule is CC(C)N1CCC(NC(=O)CN2CCC(N)CC2)CC1.Cl.Cl. The van der Waals surface area contributed by atoms with Gasteiger partial charge in [-0.15, -0.1) is 24.8 Å². The summed E-state index contributed by atoms with van der Waals surface area (Å²) in [6.45, 7) is 9.13. The number of rotatable bonds is 4. The van der Waals surface area contributed by atoms with Crippen molar-refractivity contribution in [1.82, 2.24) is 15.1 Å². The third-order valence-electron chi connectivity index (χ3n) is 4.62. The van der Waals surface area contributed by atoms with E-state index < -0.39 is 0 Å². The number of likely N-dealkylation sites (tertiary alicyclic amines) is 2. The molecule has 2 rings (SSSR count). The van der Waals surface area contributed by atoms with Crippen LogP contribution in [-0.4, -0.2) is 66.6 Å². The smallest absolute Gasteiger partial charge is 0.234 e. The number of nitrogens with zero attached hydrogens (tertiary/aromatic N) is 2. The molecule has 0 atom stereocenters. The number of piperidine rings is 2. The summed E-state index contributed by atoms with van der Waals surface area (Å²) in [5.74, 6) is 0.184. The highest BCUT2D eigenvalue weighted by molar-refractivity contribution is 5.85. The average molecular weight is 355 g/mol. The van der Waals surface area contributed by atoms with Crippen LogP contribution in [0.25, 0.3) is 0 Å². The molecule has 132 valence electrons. The quantitative estimate of drug-likeness (QED) is 0.797. The molecule has 2 aliphatic rings. The van der Waals surface area contributed by atoms with E-state index in [1.807, 2.05) is 0 Å². The van der Waals surface area contributed by atoms with E-state index in [4.69, 9.17) is 5.73 Å². The van der Waals surface area contributed by atoms with Gasteiger partial charge in [-0.25, -0.2) is 0 Å². The van der Waals surface area contributed by atoms with Gasteiger partial charge in [0.2, 0.25) is 5.91 Å². The molecule has 22 heavy (non-hydrogen) atoms. The lowest BCUT2D eigenvalue weighted by atomic mass is 10.0. The van der Waals surface area contributed by atoms with Crippen LogP contribution in [0.4, 0.5) is 0 Å². The van der Waals surface area contributed by atoms with Crippen LogP contribution in [0.3, 0.4) is 0 Å². The van der Waals surface area contributed by atoms with Crippen LogP contribution in [0.5, 0.6) is 0 Å². The highest BCUT2D eigenvalue weighted by Crippen LogP contribution is 2.13. The maximum Gasteiger partial charge on any atom is 0.234 e. The molecule has 2 saturated heterocycles. The van der Waals surface area contributed by atoms with Crippen molar-refractivity contribution in [3.8, 4) is 0 Å². The summed E-state index contributed by atoms with van der Waals surface area (Å²) in [4.78, 5) is 16.8. The molecule has 2 aliphatic heterocycles. The van der Waals surface area contributed by atoms with Gasteiger partial charge >= 0.3 is 0 Å². The van der Waals surface area contributed by atoms with Gasteiger partial charge in [-0.3, -0.25) is 9.69 Å². The lowest BCUT2D eigenvalue weighted by Gasteiger charge is -2.35. The largest absolute Gasteiger partial charge is 0.352 e. The molecule has 3 N–H and O–H groups in total. The van der Waals surface area contributed by atoms with E-state index in [-0.39, 0.29) is 30.7 Å². The first-order valence-corrected chi connectivity index (χ1v) is 8.06. The van der Waals surface area contributed by atoms with Crippen molar-refractivity contribution in [3.63, 3.8) is 0 Å². The Kier molecular flexibility index (Phi) is 10.6. The van der Waals surface area contributed by atoms with Crippen LogP contribution >= 0.6 is 24.8 Å². The summed E-state index contributed by atoms with van der Waals surface area (Å²) < 4.78 is 0. The first kappa shape index (κ1) is 21.9. The molecular weight excluding hydrogens is 323 g/mol. The van der Waals surface area contributed by atoms with Crippen LogP contribution in [0.2, 0.25) is 0 Å². The number of amides is 1. The predicted molar refractivity (Wildman–Crippen MR) is 96.0 cm³/mol. The fourth-order valence-corrected chi connectivity index (χ4v) is 3.15. The summed E-state index contributed by atoms with van der Waals surface area (Å²) in [6, 6.07) is 1.31. The van der Waals surface area contributed by atoms with Crippen molar-refractivity contribution in [1.29, 1.82) is 0 Å². The Morgan fingerprint density at radius 3 is 2.14 bits per heavy atom. The van der Waals surface area contributed by atoms with Crippen molar-refractivity contribution in [2.45, 2.75) is 57.7 Å². The van der Waals surface area contributed by atoms with Crippen molar-refractivity contribution < 1.29 is 4.79 Å². The first-order valence-electron chi connectivity index (χ1n) is 8.06. The van der Waals surface area contributed by atoms with E-state index in [2.05, 4.69) is 29.0 Å². The van der Waals surface area contributed by atoms with E-state index in [9.17, 15) is 4.79 Å². The molecule has 0 aromatic rings. The molecule has 0 aromatic carbocycles. The number of nitrogens with one attached hydrogen (secondary N) is 1. The molecular formula is C15H32Cl2N4O. The van der Waals surface area contributed by atoms with Gasteiger partial charge in [0.1, 0.15) is 0 Å². The van der Waals surface area contributed by atoms with Gasteiger partial charge in [0.25, 0.3) is 0 Å². The van der Waals surface area contributed by atoms with E-state index in [0.717, 1.165) is 51.9 Å². The van der Waals surface area contributed by atoms with Gasteiger partial charge in [-0.1, -0.05) is 0 Å². The van der Waals surface area contributed by atoms with E-state index in [0.29, 0.717) is 24.7 Å². The van der Waals surface area contributed by atoms with E-state index in [1.165, 1.54) is 0 Å². The molecule has 0 aliphatic carbocycles. The molecule has 0 unspecified atom stereocenters. The van der Waals surface area contributed by atoms with Crippen LogP contribution < -0.4 is 11.1 Å². The molecule has 2 fully saturated rings. The molecule has 0 bridgehead atoms. The molecule has 0 spiro atoms. The van der Waals surface area contributed by atoms with E-state index in [1.54, 1.807) is 0 Å². The monoisotopic (exact) mass is 354 g/mol. The summed E-state index contributed by atoms with van der Waals surface area (Å²) in [6.07, 6.45) is 4.18. The topological polar surface area (TPSA) is 61.6 Å². The van der Waals surface area contributed by atoms with Gasteiger partial charge < -0.3 is 16.0 Å². The van der Waals surface area contributed by atoms with E-state index >= 15 is 0 Å². The van der Waals surface area contributed by atoms with Crippen molar-refractivity contribution in [3.05, 3.63) is 0 Å². The fraction of sp³-hybridized carbons (Fsp3) is 0.933. The van der Waals surface area contributed by atoms with Crippen LogP contribution in [-0.2, 0) is 4.79 Å². The van der Waals surface area contributed by atoms with Gasteiger partial charge in [0.15, 0.2) is 0 Å². The number of hydrogen-bond donors (Lipinski definition) is 2. The van der Waals surface area contributed by atoms with Crippen LogP contribution in [0.1, 0.15) is 39.5 Å². The van der Waals surface area contributed by atoms with Crippen LogP contribution in [0.15, 0.2) is 0 Å². The molecule has 0 aromatic heterocycles. The average Bonchev–Trinajstić information content (AvgIpc) is 2.42. The van der Waals surface area contributed by atoms with Gasteiger partial charge in [-0.05, 0) is 39.5 Å². The molecule has 5 nitrogen and oxygen atoms in total. The number of carbonyl (C=O) groups is 1. The lowest BCUT2D eigenvalue weighted by Crippen LogP contribution is -2.50.